The van der Waals surface area contributed by atoms with Gasteiger partial charge in [-0.3, -0.25) is 0 Å². The fourth-order valence-electron chi connectivity index (χ4n) is 3.01. The van der Waals surface area contributed by atoms with E-state index >= 15 is 0 Å². The summed E-state index contributed by atoms with van der Waals surface area (Å²) >= 11 is 1.81. The van der Waals surface area contributed by atoms with Gasteiger partial charge in [-0.05, 0) is 38.5 Å². The van der Waals surface area contributed by atoms with Crippen LogP contribution in [0.4, 0.5) is 0 Å². The van der Waals surface area contributed by atoms with Crippen LogP contribution in [0.15, 0.2) is 5.38 Å². The van der Waals surface area contributed by atoms with Gasteiger partial charge in [0, 0.05) is 24.7 Å². The molecule has 0 aromatic carbocycles. The van der Waals surface area contributed by atoms with Gasteiger partial charge in [0.2, 0.25) is 0 Å². The molecule has 1 aliphatic rings. The van der Waals surface area contributed by atoms with Crippen molar-refractivity contribution in [1.29, 1.82) is 0 Å². The molecular weight excluding hydrogens is 256 g/mol. The first kappa shape index (κ1) is 14.9. The summed E-state index contributed by atoms with van der Waals surface area (Å²) in [5.74, 6) is 0.901. The highest BCUT2D eigenvalue weighted by Gasteiger charge is 2.38. The Morgan fingerprint density at radius 1 is 1.47 bits per heavy atom. The second-order valence-corrected chi connectivity index (χ2v) is 6.51. The Morgan fingerprint density at radius 2 is 2.21 bits per heavy atom. The lowest BCUT2D eigenvalue weighted by Gasteiger charge is -2.39. The minimum atomic E-state index is 0.100. The van der Waals surface area contributed by atoms with Crippen molar-refractivity contribution in [3.63, 3.8) is 0 Å². The molecule has 19 heavy (non-hydrogen) atoms. The smallest absolute Gasteiger partial charge is 0.113 e. The number of hydrogen-bond acceptors (Lipinski definition) is 4. The molecule has 1 heterocycles. The molecule has 1 aromatic rings. The van der Waals surface area contributed by atoms with Gasteiger partial charge < -0.3 is 10.1 Å². The maximum atomic E-state index is 5.18. The van der Waals surface area contributed by atoms with E-state index in [0.29, 0.717) is 0 Å². The molecule has 0 aliphatic heterocycles. The Hall–Kier alpha value is -0.450. The summed E-state index contributed by atoms with van der Waals surface area (Å²) in [4.78, 5) is 4.75. The van der Waals surface area contributed by atoms with Crippen molar-refractivity contribution in [3.05, 3.63) is 16.1 Å². The van der Waals surface area contributed by atoms with Crippen molar-refractivity contribution in [2.24, 2.45) is 5.92 Å². The second-order valence-electron chi connectivity index (χ2n) is 5.65. The zero-order valence-corrected chi connectivity index (χ0v) is 13.2. The monoisotopic (exact) mass is 282 g/mol. The first-order valence-electron chi connectivity index (χ1n) is 7.37. The van der Waals surface area contributed by atoms with Gasteiger partial charge in [-0.2, -0.15) is 0 Å². The molecular formula is C15H26N2OS. The van der Waals surface area contributed by atoms with E-state index in [-0.39, 0.29) is 5.54 Å². The number of nitrogens with one attached hydrogen (secondary N) is 1. The van der Waals surface area contributed by atoms with Crippen LogP contribution in [0.3, 0.4) is 0 Å². The van der Waals surface area contributed by atoms with E-state index in [4.69, 9.17) is 9.72 Å². The minimum Gasteiger partial charge on any atom is -0.383 e. The number of hydrogen-bond donors (Lipinski definition) is 1. The zero-order valence-electron chi connectivity index (χ0n) is 12.4. The lowest BCUT2D eigenvalue weighted by Crippen LogP contribution is -2.46. The first-order valence-corrected chi connectivity index (χ1v) is 8.24. The van der Waals surface area contributed by atoms with Crippen LogP contribution in [0, 0.1) is 12.8 Å². The second kappa shape index (κ2) is 6.82. The van der Waals surface area contributed by atoms with Crippen LogP contribution in [0.1, 0.15) is 49.7 Å². The molecule has 1 fully saturated rings. The molecule has 0 unspecified atom stereocenters. The van der Waals surface area contributed by atoms with Crippen molar-refractivity contribution in [1.82, 2.24) is 10.3 Å². The van der Waals surface area contributed by atoms with Crippen LogP contribution in [0.5, 0.6) is 0 Å². The maximum absolute atomic E-state index is 5.18. The van der Waals surface area contributed by atoms with Crippen LogP contribution < -0.4 is 5.32 Å². The van der Waals surface area contributed by atoms with Crippen LogP contribution in [-0.2, 0) is 10.3 Å². The third-order valence-electron chi connectivity index (χ3n) is 4.33. The Morgan fingerprint density at radius 3 is 2.74 bits per heavy atom. The molecule has 2 rings (SSSR count). The Labute approximate surface area is 120 Å². The van der Waals surface area contributed by atoms with E-state index in [1.807, 2.05) is 11.3 Å². The summed E-state index contributed by atoms with van der Waals surface area (Å²) in [5.41, 5.74) is 1.24. The summed E-state index contributed by atoms with van der Waals surface area (Å²) < 4.78 is 5.18. The van der Waals surface area contributed by atoms with Crippen molar-refractivity contribution < 1.29 is 4.74 Å². The molecule has 0 radical (unpaired) electrons. The Kier molecular flexibility index (Phi) is 5.37. The van der Waals surface area contributed by atoms with Gasteiger partial charge in [0.15, 0.2) is 0 Å². The van der Waals surface area contributed by atoms with Crippen molar-refractivity contribution in [2.75, 3.05) is 20.3 Å². The van der Waals surface area contributed by atoms with E-state index in [1.165, 1.54) is 37.1 Å². The van der Waals surface area contributed by atoms with Crippen molar-refractivity contribution >= 4 is 11.3 Å². The quantitative estimate of drug-likeness (QED) is 0.811. The molecule has 1 aliphatic carbocycles. The fourth-order valence-corrected chi connectivity index (χ4v) is 4.04. The van der Waals surface area contributed by atoms with Crippen LogP contribution in [0.2, 0.25) is 0 Å². The van der Waals surface area contributed by atoms with E-state index in [9.17, 15) is 0 Å². The number of aromatic nitrogens is 1. The largest absolute Gasteiger partial charge is 0.383 e. The summed E-state index contributed by atoms with van der Waals surface area (Å²) in [5, 5.41) is 7.17. The number of rotatable bonds is 6. The lowest BCUT2D eigenvalue weighted by molar-refractivity contribution is 0.149. The average Bonchev–Trinajstić information content (AvgIpc) is 2.87. The SMILES string of the molecule is CCC1CCC(NCCOC)(c2nc(C)cs2)CC1. The molecule has 0 atom stereocenters. The van der Waals surface area contributed by atoms with Gasteiger partial charge in [0.25, 0.3) is 0 Å². The van der Waals surface area contributed by atoms with E-state index in [2.05, 4.69) is 24.5 Å². The number of methoxy groups -OCH3 is 1. The highest BCUT2D eigenvalue weighted by molar-refractivity contribution is 7.09. The molecule has 0 spiro atoms. The predicted octanol–water partition coefficient (Wildman–Crippen LogP) is 3.48. The van der Waals surface area contributed by atoms with Crippen molar-refractivity contribution in [3.8, 4) is 0 Å². The van der Waals surface area contributed by atoms with Gasteiger partial charge >= 0.3 is 0 Å². The number of thiazole rings is 1. The van der Waals surface area contributed by atoms with Crippen LogP contribution >= 0.6 is 11.3 Å². The summed E-state index contributed by atoms with van der Waals surface area (Å²) in [7, 11) is 1.76. The third kappa shape index (κ3) is 3.56. The summed E-state index contributed by atoms with van der Waals surface area (Å²) in [6, 6.07) is 0. The molecule has 4 heteroatoms. The standard InChI is InChI=1S/C15H26N2OS/c1-4-13-5-7-15(8-6-13,16-9-10-18-3)14-17-12(2)11-19-14/h11,13,16H,4-10H2,1-3H3. The molecule has 108 valence electrons. The van der Waals surface area contributed by atoms with Gasteiger partial charge in [0.05, 0.1) is 12.1 Å². The Bertz CT molecular complexity index is 378. The van der Waals surface area contributed by atoms with E-state index in [1.54, 1.807) is 7.11 Å². The highest BCUT2D eigenvalue weighted by Crippen LogP contribution is 2.41. The number of aryl methyl sites for hydroxylation is 1. The normalized spacial score (nSPS) is 27.6. The molecule has 0 amide bonds. The first-order chi connectivity index (χ1) is 9.20. The maximum Gasteiger partial charge on any atom is 0.113 e. The Balaban J connectivity index is 2.09. The molecule has 0 saturated heterocycles. The topological polar surface area (TPSA) is 34.1 Å². The third-order valence-corrected chi connectivity index (χ3v) is 5.50. The molecule has 0 bridgehead atoms. The van der Waals surface area contributed by atoms with Crippen molar-refractivity contribution in [2.45, 2.75) is 51.5 Å². The molecule has 1 N–H and O–H groups in total. The molecule has 1 aromatic heterocycles. The van der Waals surface area contributed by atoms with Gasteiger partial charge in [-0.25, -0.2) is 4.98 Å². The lowest BCUT2D eigenvalue weighted by atomic mass is 9.76. The van der Waals surface area contributed by atoms with Gasteiger partial charge in [-0.15, -0.1) is 11.3 Å². The van der Waals surface area contributed by atoms with Crippen LogP contribution in [0.25, 0.3) is 0 Å². The fraction of sp³-hybridized carbons (Fsp3) is 0.800. The number of nitrogens with zero attached hydrogens (tertiary/aromatic N) is 1. The summed E-state index contributed by atoms with van der Waals surface area (Å²) in [6.45, 7) is 6.07. The average molecular weight is 282 g/mol. The van der Waals surface area contributed by atoms with Gasteiger partial charge in [0.1, 0.15) is 5.01 Å². The number of ether oxygens (including phenoxy) is 1. The molecule has 1 saturated carbocycles. The van der Waals surface area contributed by atoms with E-state index < -0.39 is 0 Å². The predicted molar refractivity (Wildman–Crippen MR) is 80.7 cm³/mol. The summed E-state index contributed by atoms with van der Waals surface area (Å²) in [6.07, 6.45) is 6.36. The van der Waals surface area contributed by atoms with Crippen LogP contribution in [-0.4, -0.2) is 25.2 Å². The highest BCUT2D eigenvalue weighted by atomic mass is 32.1. The van der Waals surface area contributed by atoms with E-state index in [0.717, 1.165) is 24.8 Å². The minimum absolute atomic E-state index is 0.100. The molecule has 3 nitrogen and oxygen atoms in total. The van der Waals surface area contributed by atoms with Gasteiger partial charge in [-0.1, -0.05) is 13.3 Å². The zero-order chi connectivity index (χ0) is 13.7.